The van der Waals surface area contributed by atoms with E-state index < -0.39 is 0 Å². The quantitative estimate of drug-likeness (QED) is 0.570. The Morgan fingerprint density at radius 1 is 0.943 bits per heavy atom. The summed E-state index contributed by atoms with van der Waals surface area (Å²) in [6.45, 7) is 12.8. The predicted octanol–water partition coefficient (Wildman–Crippen LogP) is 3.63. The number of fused-ring (bicyclic) bond motifs is 1. The molecule has 8 heteroatoms. The monoisotopic (exact) mass is 476 g/mol. The lowest BCUT2D eigenvalue weighted by molar-refractivity contribution is 0.0529. The van der Waals surface area contributed by atoms with E-state index in [2.05, 4.69) is 41.8 Å². The Hall–Kier alpha value is -2.55. The van der Waals surface area contributed by atoms with Crippen LogP contribution in [0.3, 0.4) is 0 Å². The summed E-state index contributed by atoms with van der Waals surface area (Å²) >= 11 is 0. The summed E-state index contributed by atoms with van der Waals surface area (Å²) in [6, 6.07) is 7.35. The first-order valence-electron chi connectivity index (χ1n) is 13.1. The summed E-state index contributed by atoms with van der Waals surface area (Å²) in [6.07, 6.45) is 5.74. The molecule has 0 aliphatic carbocycles. The number of aromatic nitrogens is 4. The summed E-state index contributed by atoms with van der Waals surface area (Å²) in [7, 11) is 0. The molecule has 0 saturated carbocycles. The van der Waals surface area contributed by atoms with Gasteiger partial charge in [0.25, 0.3) is 0 Å². The molecule has 3 aliphatic rings. The van der Waals surface area contributed by atoms with Crippen LogP contribution in [0.15, 0.2) is 24.4 Å². The molecule has 1 aromatic carbocycles. The standard InChI is InChI=1S/C27H36N6O2/c1-18-12-22-15-28-33(27-14-26(29-20(3)30-27)32-9-11-35-19(2)16-32)25(22)13-24(18)21-4-7-31(8-5-21)23-6-10-34-17-23/h12-15,19,21,23H,4-11,16-17H2,1-3H3/t19-,23?/m0/s1. The fourth-order valence-corrected chi connectivity index (χ4v) is 6.05. The second-order valence-corrected chi connectivity index (χ2v) is 10.4. The third kappa shape index (κ3) is 4.55. The SMILES string of the molecule is Cc1nc(N2CCO[C@@H](C)C2)cc(-n2ncc3cc(C)c(C4CCN(C5CCOC5)CC4)cc32)n1. The van der Waals surface area contributed by atoms with Crippen LogP contribution in [0.1, 0.15) is 49.1 Å². The molecule has 3 aromatic rings. The van der Waals surface area contributed by atoms with E-state index in [0.29, 0.717) is 12.0 Å². The maximum absolute atomic E-state index is 5.73. The number of ether oxygens (including phenoxy) is 2. The zero-order chi connectivity index (χ0) is 23.9. The zero-order valence-electron chi connectivity index (χ0n) is 21.1. The maximum atomic E-state index is 5.73. The van der Waals surface area contributed by atoms with Crippen molar-refractivity contribution in [3.8, 4) is 5.82 Å². The summed E-state index contributed by atoms with van der Waals surface area (Å²) in [5.41, 5.74) is 3.94. The van der Waals surface area contributed by atoms with Crippen LogP contribution < -0.4 is 4.90 Å². The highest BCUT2D eigenvalue weighted by atomic mass is 16.5. The molecule has 0 N–H and O–H groups in total. The summed E-state index contributed by atoms with van der Waals surface area (Å²) in [4.78, 5) is 14.4. The first-order valence-corrected chi connectivity index (χ1v) is 13.1. The van der Waals surface area contributed by atoms with Gasteiger partial charge in [-0.3, -0.25) is 4.90 Å². The minimum absolute atomic E-state index is 0.200. The van der Waals surface area contributed by atoms with Gasteiger partial charge >= 0.3 is 0 Å². The zero-order valence-corrected chi connectivity index (χ0v) is 21.1. The highest BCUT2D eigenvalue weighted by molar-refractivity contribution is 5.82. The smallest absolute Gasteiger partial charge is 0.159 e. The normalized spacial score (nSPS) is 24.5. The molecule has 0 radical (unpaired) electrons. The van der Waals surface area contributed by atoms with Gasteiger partial charge in [0.2, 0.25) is 0 Å². The van der Waals surface area contributed by atoms with Gasteiger partial charge in [-0.15, -0.1) is 0 Å². The molecule has 186 valence electrons. The van der Waals surface area contributed by atoms with Crippen molar-refractivity contribution in [2.24, 2.45) is 0 Å². The molecule has 3 aliphatic heterocycles. The summed E-state index contributed by atoms with van der Waals surface area (Å²) < 4.78 is 13.3. The molecular formula is C27H36N6O2. The number of piperidine rings is 1. The van der Waals surface area contributed by atoms with E-state index in [9.17, 15) is 0 Å². The summed E-state index contributed by atoms with van der Waals surface area (Å²) in [5, 5.41) is 5.92. The van der Waals surface area contributed by atoms with Gasteiger partial charge in [0.15, 0.2) is 5.82 Å². The number of anilines is 1. The van der Waals surface area contributed by atoms with Crippen LogP contribution in [0.25, 0.3) is 16.7 Å². The van der Waals surface area contributed by atoms with Crippen LogP contribution in [0, 0.1) is 13.8 Å². The number of aryl methyl sites for hydroxylation is 2. The first kappa shape index (κ1) is 22.9. The molecule has 2 aromatic heterocycles. The number of benzene rings is 1. The van der Waals surface area contributed by atoms with Crippen molar-refractivity contribution in [2.75, 3.05) is 50.9 Å². The number of hydrogen-bond donors (Lipinski definition) is 0. The van der Waals surface area contributed by atoms with Crippen molar-refractivity contribution in [3.05, 3.63) is 41.3 Å². The largest absolute Gasteiger partial charge is 0.380 e. The number of rotatable bonds is 4. The Kier molecular flexibility index (Phi) is 6.20. The predicted molar refractivity (Wildman–Crippen MR) is 137 cm³/mol. The lowest BCUT2D eigenvalue weighted by Gasteiger charge is -2.36. The van der Waals surface area contributed by atoms with Crippen molar-refractivity contribution in [1.29, 1.82) is 0 Å². The lowest BCUT2D eigenvalue weighted by Crippen LogP contribution is -2.41. The Bertz CT molecular complexity index is 1200. The van der Waals surface area contributed by atoms with Crippen LogP contribution in [0.5, 0.6) is 0 Å². The maximum Gasteiger partial charge on any atom is 0.159 e. The van der Waals surface area contributed by atoms with E-state index >= 15 is 0 Å². The molecule has 8 nitrogen and oxygen atoms in total. The van der Waals surface area contributed by atoms with Crippen LogP contribution in [-0.4, -0.2) is 82.8 Å². The topological polar surface area (TPSA) is 68.5 Å². The van der Waals surface area contributed by atoms with Gasteiger partial charge in [0.05, 0.1) is 31.0 Å². The molecule has 3 saturated heterocycles. The minimum atomic E-state index is 0.200. The van der Waals surface area contributed by atoms with Gasteiger partial charge in [0.1, 0.15) is 11.6 Å². The third-order valence-electron chi connectivity index (χ3n) is 7.94. The van der Waals surface area contributed by atoms with E-state index in [1.54, 1.807) is 0 Å². The molecular weight excluding hydrogens is 440 g/mol. The highest BCUT2D eigenvalue weighted by Crippen LogP contribution is 2.34. The summed E-state index contributed by atoms with van der Waals surface area (Å²) in [5.74, 6) is 3.11. The van der Waals surface area contributed by atoms with Crippen molar-refractivity contribution in [2.45, 2.75) is 58.1 Å². The second-order valence-electron chi connectivity index (χ2n) is 10.4. The van der Waals surface area contributed by atoms with Gasteiger partial charge < -0.3 is 14.4 Å². The average Bonchev–Trinajstić information content (AvgIpc) is 3.54. The Morgan fingerprint density at radius 3 is 2.54 bits per heavy atom. The number of nitrogens with zero attached hydrogens (tertiary/aromatic N) is 6. The number of hydrogen-bond acceptors (Lipinski definition) is 7. The van der Waals surface area contributed by atoms with Crippen LogP contribution in [-0.2, 0) is 9.47 Å². The molecule has 2 atom stereocenters. The van der Waals surface area contributed by atoms with E-state index in [4.69, 9.17) is 24.5 Å². The van der Waals surface area contributed by atoms with Crippen LogP contribution >= 0.6 is 0 Å². The van der Waals surface area contributed by atoms with Gasteiger partial charge in [-0.2, -0.15) is 5.10 Å². The van der Waals surface area contributed by atoms with Crippen LogP contribution in [0.2, 0.25) is 0 Å². The molecule has 0 bridgehead atoms. The van der Waals surface area contributed by atoms with Crippen molar-refractivity contribution >= 4 is 16.7 Å². The Labute approximate surface area is 207 Å². The molecule has 0 spiro atoms. The molecule has 3 fully saturated rings. The lowest BCUT2D eigenvalue weighted by atomic mass is 9.86. The van der Waals surface area contributed by atoms with Crippen molar-refractivity contribution < 1.29 is 9.47 Å². The minimum Gasteiger partial charge on any atom is -0.380 e. The molecule has 1 unspecified atom stereocenters. The van der Waals surface area contributed by atoms with Gasteiger partial charge in [0, 0.05) is 37.2 Å². The Morgan fingerprint density at radius 2 is 1.77 bits per heavy atom. The third-order valence-corrected chi connectivity index (χ3v) is 7.94. The second kappa shape index (κ2) is 9.48. The molecule has 5 heterocycles. The highest BCUT2D eigenvalue weighted by Gasteiger charge is 2.29. The van der Waals surface area contributed by atoms with E-state index in [0.717, 1.165) is 74.4 Å². The van der Waals surface area contributed by atoms with E-state index in [1.165, 1.54) is 30.4 Å². The molecule has 0 amide bonds. The fraction of sp³-hybridized carbons (Fsp3) is 0.593. The van der Waals surface area contributed by atoms with E-state index in [-0.39, 0.29) is 6.10 Å². The van der Waals surface area contributed by atoms with Gasteiger partial charge in [-0.05, 0) is 82.3 Å². The van der Waals surface area contributed by atoms with E-state index in [1.807, 2.05) is 17.8 Å². The van der Waals surface area contributed by atoms with Gasteiger partial charge in [-0.25, -0.2) is 14.6 Å². The molecule has 35 heavy (non-hydrogen) atoms. The average molecular weight is 477 g/mol. The molecule has 6 rings (SSSR count). The van der Waals surface area contributed by atoms with Gasteiger partial charge in [-0.1, -0.05) is 0 Å². The van der Waals surface area contributed by atoms with Crippen molar-refractivity contribution in [1.82, 2.24) is 24.6 Å². The number of likely N-dealkylation sites (tertiary alicyclic amines) is 1. The Balaban J connectivity index is 1.29. The fourth-order valence-electron chi connectivity index (χ4n) is 6.05. The van der Waals surface area contributed by atoms with Crippen LogP contribution in [0.4, 0.5) is 5.82 Å². The number of morpholine rings is 1. The first-order chi connectivity index (χ1) is 17.0. The van der Waals surface area contributed by atoms with Crippen molar-refractivity contribution in [3.63, 3.8) is 0 Å².